The lowest BCUT2D eigenvalue weighted by molar-refractivity contribution is 0.318. The Balaban J connectivity index is 2.04. The van der Waals surface area contributed by atoms with Crippen molar-refractivity contribution in [3.05, 3.63) is 49.8 Å². The van der Waals surface area contributed by atoms with E-state index in [2.05, 4.69) is 10.1 Å². The minimum absolute atomic E-state index is 0.122. The highest BCUT2D eigenvalue weighted by molar-refractivity contribution is 7.18. The molecule has 0 aliphatic rings. The molecular formula is C16H13Cl2N3O3S. The van der Waals surface area contributed by atoms with E-state index in [1.807, 2.05) is 0 Å². The molecule has 9 heteroatoms. The summed E-state index contributed by atoms with van der Waals surface area (Å²) in [6.45, 7) is 3.93. The first kappa shape index (κ1) is 17.7. The Hall–Kier alpha value is -2.09. The fourth-order valence-corrected chi connectivity index (χ4v) is 3.53. The maximum absolute atomic E-state index is 11.9. The van der Waals surface area contributed by atoms with Gasteiger partial charge in [-0.15, -0.1) is 0 Å². The summed E-state index contributed by atoms with van der Waals surface area (Å²) in [6, 6.07) is 4.58. The molecule has 0 atom stereocenters. The fraction of sp³-hybridized carbons (Fsp3) is 0.188. The van der Waals surface area contributed by atoms with Crippen LogP contribution in [0.25, 0.3) is 16.1 Å². The van der Waals surface area contributed by atoms with Crippen LogP contribution in [0.15, 0.2) is 23.0 Å². The van der Waals surface area contributed by atoms with E-state index in [-0.39, 0.29) is 22.1 Å². The van der Waals surface area contributed by atoms with Gasteiger partial charge in [0.15, 0.2) is 16.5 Å². The van der Waals surface area contributed by atoms with Gasteiger partial charge >= 0.3 is 0 Å². The summed E-state index contributed by atoms with van der Waals surface area (Å²) in [6.07, 6.45) is 1.63. The average Bonchev–Trinajstić information content (AvgIpc) is 2.96. The maximum atomic E-state index is 11.9. The molecule has 0 bridgehead atoms. The van der Waals surface area contributed by atoms with Crippen LogP contribution in [0, 0.1) is 6.92 Å². The molecule has 1 aromatic carbocycles. The number of fused-ring (bicyclic) bond motifs is 1. The van der Waals surface area contributed by atoms with Crippen molar-refractivity contribution in [1.29, 1.82) is 0 Å². The van der Waals surface area contributed by atoms with Crippen molar-refractivity contribution >= 4 is 50.6 Å². The molecule has 0 amide bonds. The fourth-order valence-electron chi connectivity index (χ4n) is 2.17. The lowest BCUT2D eigenvalue weighted by atomic mass is 10.2. The minimum Gasteiger partial charge on any atom is -0.503 e. The lowest BCUT2D eigenvalue weighted by Crippen LogP contribution is -2.14. The Morgan fingerprint density at radius 1 is 1.44 bits per heavy atom. The molecule has 6 nitrogen and oxygen atoms in total. The van der Waals surface area contributed by atoms with E-state index in [1.165, 1.54) is 21.9 Å². The van der Waals surface area contributed by atoms with Crippen molar-refractivity contribution in [3.8, 4) is 11.5 Å². The number of benzene rings is 1. The van der Waals surface area contributed by atoms with Gasteiger partial charge in [0, 0.05) is 11.8 Å². The van der Waals surface area contributed by atoms with Crippen LogP contribution in [0.3, 0.4) is 0 Å². The first-order chi connectivity index (χ1) is 11.9. The third kappa shape index (κ3) is 3.63. The normalized spacial score (nSPS) is 11.9. The number of phenols is 1. The Morgan fingerprint density at radius 2 is 2.20 bits per heavy atom. The summed E-state index contributed by atoms with van der Waals surface area (Å²) in [7, 11) is 0. The number of aromatic hydroxyl groups is 1. The molecule has 3 rings (SSSR count). The second-order valence-corrected chi connectivity index (χ2v) is 6.88. The minimum atomic E-state index is -0.263. The van der Waals surface area contributed by atoms with Crippen molar-refractivity contribution in [1.82, 2.24) is 14.6 Å². The second kappa shape index (κ2) is 7.03. The van der Waals surface area contributed by atoms with E-state index in [1.54, 1.807) is 32.1 Å². The van der Waals surface area contributed by atoms with Crippen molar-refractivity contribution in [2.24, 2.45) is 0 Å². The highest BCUT2D eigenvalue weighted by Crippen LogP contribution is 2.37. The number of aryl methyl sites for hydroxylation is 1. The number of ether oxygens (including phenoxy) is 1. The highest BCUT2D eigenvalue weighted by atomic mass is 35.5. The van der Waals surface area contributed by atoms with Gasteiger partial charge in [-0.25, -0.2) is 4.98 Å². The molecule has 130 valence electrons. The maximum Gasteiger partial charge on any atom is 0.275 e. The molecular weight excluding hydrogens is 385 g/mol. The smallest absolute Gasteiger partial charge is 0.275 e. The van der Waals surface area contributed by atoms with E-state index in [9.17, 15) is 9.90 Å². The molecule has 2 aromatic heterocycles. The zero-order chi connectivity index (χ0) is 18.1. The number of nitrogens with zero attached hydrogens (tertiary/aromatic N) is 3. The number of halogens is 2. The van der Waals surface area contributed by atoms with Crippen LogP contribution in [-0.4, -0.2) is 26.3 Å². The van der Waals surface area contributed by atoms with Gasteiger partial charge in [0.1, 0.15) is 0 Å². The second-order valence-electron chi connectivity index (χ2n) is 5.11. The first-order valence-electron chi connectivity index (χ1n) is 7.29. The van der Waals surface area contributed by atoms with E-state index in [0.29, 0.717) is 32.9 Å². The average molecular weight is 398 g/mol. The molecule has 0 aliphatic heterocycles. The largest absolute Gasteiger partial charge is 0.503 e. The van der Waals surface area contributed by atoms with Crippen LogP contribution in [0.2, 0.25) is 5.02 Å². The van der Waals surface area contributed by atoms with Gasteiger partial charge in [0.2, 0.25) is 4.96 Å². The van der Waals surface area contributed by atoms with E-state index in [0.717, 1.165) is 0 Å². The van der Waals surface area contributed by atoms with Gasteiger partial charge in [0.05, 0.1) is 16.7 Å². The molecule has 0 saturated carbocycles. The highest BCUT2D eigenvalue weighted by Gasteiger charge is 2.13. The summed E-state index contributed by atoms with van der Waals surface area (Å²) >= 11 is 13.6. The van der Waals surface area contributed by atoms with Gasteiger partial charge in [0.25, 0.3) is 5.56 Å². The molecule has 0 radical (unpaired) electrons. The third-order valence-corrected chi connectivity index (χ3v) is 4.85. The molecule has 1 N–H and O–H groups in total. The Kier molecular flexibility index (Phi) is 4.99. The van der Waals surface area contributed by atoms with Crippen LogP contribution in [0.5, 0.6) is 11.5 Å². The van der Waals surface area contributed by atoms with Crippen LogP contribution < -0.4 is 10.3 Å². The van der Waals surface area contributed by atoms with Crippen LogP contribution in [-0.2, 0) is 0 Å². The first-order valence-corrected chi connectivity index (χ1v) is 8.86. The van der Waals surface area contributed by atoms with Gasteiger partial charge < -0.3 is 9.84 Å². The van der Waals surface area contributed by atoms with E-state index < -0.39 is 0 Å². The van der Waals surface area contributed by atoms with Crippen molar-refractivity contribution in [2.75, 3.05) is 6.61 Å². The van der Waals surface area contributed by atoms with Gasteiger partial charge in [-0.2, -0.15) is 9.61 Å². The Bertz CT molecular complexity index is 1040. The van der Waals surface area contributed by atoms with E-state index in [4.69, 9.17) is 27.9 Å². The molecule has 3 aromatic rings. The molecule has 0 fully saturated rings. The van der Waals surface area contributed by atoms with E-state index >= 15 is 0 Å². The molecule has 0 unspecified atom stereocenters. The summed E-state index contributed by atoms with van der Waals surface area (Å²) in [4.78, 5) is 16.7. The summed E-state index contributed by atoms with van der Waals surface area (Å²) in [5, 5.41) is 15.0. The predicted octanol–water partition coefficient (Wildman–Crippen LogP) is 3.95. The number of phenolic OH excluding ortho intramolecular Hbond substituents is 1. The van der Waals surface area contributed by atoms with Gasteiger partial charge in [-0.1, -0.05) is 34.5 Å². The van der Waals surface area contributed by atoms with Gasteiger partial charge in [-0.05, 0) is 37.6 Å². The zero-order valence-electron chi connectivity index (χ0n) is 13.3. The number of aromatic nitrogens is 3. The molecule has 25 heavy (non-hydrogen) atoms. The molecule has 0 saturated heterocycles. The quantitative estimate of drug-likeness (QED) is 0.720. The van der Waals surface area contributed by atoms with Crippen LogP contribution >= 0.6 is 34.5 Å². The Morgan fingerprint density at radius 3 is 2.92 bits per heavy atom. The van der Waals surface area contributed by atoms with Crippen LogP contribution in [0.1, 0.15) is 23.2 Å². The van der Waals surface area contributed by atoms with Crippen molar-refractivity contribution in [3.63, 3.8) is 0 Å². The summed E-state index contributed by atoms with van der Waals surface area (Å²) in [5.41, 5.74) is 0.986. The number of hydrogen-bond donors (Lipinski definition) is 1. The SMILES string of the molecule is CCOc1cc(/C=C(\Cl)c2nn3c(=O)cc(C)nc3s2)cc(Cl)c1O. The van der Waals surface area contributed by atoms with Crippen LogP contribution in [0.4, 0.5) is 0 Å². The monoisotopic (exact) mass is 397 g/mol. The number of rotatable bonds is 4. The molecule has 0 aliphatic carbocycles. The Labute approximate surface area is 156 Å². The third-order valence-electron chi connectivity index (χ3n) is 3.22. The topological polar surface area (TPSA) is 76.7 Å². The lowest BCUT2D eigenvalue weighted by Gasteiger charge is -2.08. The molecule has 0 spiro atoms. The standard InChI is InChI=1S/C16H13Cl2N3O3S/c1-3-24-12-7-9(5-10(17)14(12)23)6-11(18)15-20-21-13(22)4-8(2)19-16(21)25-15/h4-7,23H,3H2,1-2H3/b11-6-. The summed E-state index contributed by atoms with van der Waals surface area (Å²) in [5.74, 6) is 0.145. The van der Waals surface area contributed by atoms with Crippen molar-refractivity contribution in [2.45, 2.75) is 13.8 Å². The number of hydrogen-bond acceptors (Lipinski definition) is 6. The predicted molar refractivity (Wildman–Crippen MR) is 99.9 cm³/mol. The molecule has 2 heterocycles. The van der Waals surface area contributed by atoms with Gasteiger partial charge in [-0.3, -0.25) is 4.79 Å². The summed E-state index contributed by atoms with van der Waals surface area (Å²) < 4.78 is 6.55. The zero-order valence-corrected chi connectivity index (χ0v) is 15.6. The van der Waals surface area contributed by atoms with Crippen molar-refractivity contribution < 1.29 is 9.84 Å².